The van der Waals surface area contributed by atoms with Crippen molar-refractivity contribution in [1.29, 1.82) is 5.26 Å². The first kappa shape index (κ1) is 34.9. The van der Waals surface area contributed by atoms with Crippen molar-refractivity contribution >= 4 is 12.6 Å². The summed E-state index contributed by atoms with van der Waals surface area (Å²) >= 11 is 4.73. The van der Waals surface area contributed by atoms with Crippen LogP contribution in [0.3, 0.4) is 0 Å². The molecule has 5 heteroatoms. The first-order chi connectivity index (χ1) is 20.0. The molecule has 0 saturated carbocycles. The van der Waals surface area contributed by atoms with Crippen LogP contribution in [-0.4, -0.2) is 20.2 Å². The quantitative estimate of drug-likeness (QED) is 0.0859. The van der Waals surface area contributed by atoms with Gasteiger partial charge in [0.15, 0.2) is 0 Å². The molecule has 4 nitrogen and oxygen atoms in total. The lowest BCUT2D eigenvalue weighted by Crippen LogP contribution is -2.25. The minimum atomic E-state index is -0.503. The van der Waals surface area contributed by atoms with Crippen molar-refractivity contribution in [3.63, 3.8) is 0 Å². The monoisotopic (exact) mass is 577 g/mol. The van der Waals surface area contributed by atoms with Crippen LogP contribution in [0.4, 0.5) is 0 Å². The summed E-state index contributed by atoms with van der Waals surface area (Å²) in [6.07, 6.45) is 19.5. The summed E-state index contributed by atoms with van der Waals surface area (Å²) in [5.41, 5.74) is 3.16. The lowest BCUT2D eigenvalue weighted by atomic mass is 9.73. The fourth-order valence-electron chi connectivity index (χ4n) is 5.85. The SMILES string of the molecule is CCCCCCCCCCCCC(C#N)(CCCC(CCc1ccc(CC)cc1S)N=NC)c1cccc(OC)c1. The van der Waals surface area contributed by atoms with Crippen LogP contribution in [0.15, 0.2) is 57.6 Å². The molecule has 0 radical (unpaired) electrons. The van der Waals surface area contributed by atoms with Crippen LogP contribution < -0.4 is 4.74 Å². The molecule has 2 aromatic rings. The molecule has 2 unspecified atom stereocenters. The van der Waals surface area contributed by atoms with Gasteiger partial charge in [-0.1, -0.05) is 102 Å². The minimum Gasteiger partial charge on any atom is -0.497 e. The number of ether oxygens (including phenoxy) is 1. The summed E-state index contributed by atoms with van der Waals surface area (Å²) in [5.74, 6) is 0.819. The Morgan fingerprint density at radius 1 is 0.878 bits per heavy atom. The van der Waals surface area contributed by atoms with E-state index in [1.165, 1.54) is 68.9 Å². The second-order valence-corrected chi connectivity index (χ2v) is 12.1. The van der Waals surface area contributed by atoms with Gasteiger partial charge in [-0.05, 0) is 79.8 Å². The summed E-state index contributed by atoms with van der Waals surface area (Å²) in [6.45, 7) is 4.44. The summed E-state index contributed by atoms with van der Waals surface area (Å²) in [7, 11) is 3.45. The number of methoxy groups -OCH3 is 1. The zero-order valence-corrected chi connectivity index (χ0v) is 27.2. The van der Waals surface area contributed by atoms with E-state index in [-0.39, 0.29) is 6.04 Å². The van der Waals surface area contributed by atoms with E-state index >= 15 is 0 Å². The number of nitriles is 1. The van der Waals surface area contributed by atoms with E-state index in [0.717, 1.165) is 67.6 Å². The molecule has 0 heterocycles. The predicted molar refractivity (Wildman–Crippen MR) is 177 cm³/mol. The van der Waals surface area contributed by atoms with Gasteiger partial charge in [-0.15, -0.1) is 12.6 Å². The van der Waals surface area contributed by atoms with Crippen LogP contribution >= 0.6 is 12.6 Å². The summed E-state index contributed by atoms with van der Waals surface area (Å²) in [4.78, 5) is 1.06. The molecule has 2 aromatic carbocycles. The predicted octanol–water partition coefficient (Wildman–Crippen LogP) is 10.9. The lowest BCUT2D eigenvalue weighted by molar-refractivity contribution is 0.392. The molecular formula is C36H55N3OS. The van der Waals surface area contributed by atoms with Crippen molar-refractivity contribution in [2.45, 2.75) is 139 Å². The van der Waals surface area contributed by atoms with Gasteiger partial charge in [-0.2, -0.15) is 15.5 Å². The van der Waals surface area contributed by atoms with Gasteiger partial charge < -0.3 is 4.74 Å². The third-order valence-corrected chi connectivity index (χ3v) is 8.93. The molecule has 0 N–H and O–H groups in total. The van der Waals surface area contributed by atoms with Crippen LogP contribution in [0.25, 0.3) is 0 Å². The molecule has 0 aliphatic rings. The summed E-state index contributed by atoms with van der Waals surface area (Å²) in [6, 6.07) is 17.7. The highest BCUT2D eigenvalue weighted by atomic mass is 32.1. The normalized spacial score (nSPS) is 13.7. The molecule has 0 bridgehead atoms. The molecule has 0 fully saturated rings. The van der Waals surface area contributed by atoms with E-state index in [1.807, 2.05) is 12.1 Å². The third kappa shape index (κ3) is 12.6. The second kappa shape index (κ2) is 20.5. The zero-order chi connectivity index (χ0) is 29.8. The van der Waals surface area contributed by atoms with Crippen molar-refractivity contribution in [3.8, 4) is 11.8 Å². The van der Waals surface area contributed by atoms with Crippen molar-refractivity contribution in [3.05, 3.63) is 59.2 Å². The molecule has 226 valence electrons. The maximum atomic E-state index is 10.6. The van der Waals surface area contributed by atoms with Gasteiger partial charge >= 0.3 is 0 Å². The Bertz CT molecular complexity index is 1060. The fraction of sp³-hybridized carbons (Fsp3) is 0.639. The van der Waals surface area contributed by atoms with E-state index < -0.39 is 5.41 Å². The Hall–Kier alpha value is -2.32. The molecule has 0 aliphatic carbocycles. The standard InChI is InChI=1S/C36H55N3OS/c1-5-7-8-9-10-11-12-13-14-15-25-36(29-37,32-18-16-20-34(28-32)40-4)26-17-19-33(39-38-3)24-23-31-22-21-30(6-2)27-35(31)41/h16,18,20-22,27-28,33,41H,5-15,17,19,23-26H2,1-4H3. The highest BCUT2D eigenvalue weighted by Gasteiger charge is 2.32. The van der Waals surface area contributed by atoms with Crippen LogP contribution in [0.2, 0.25) is 0 Å². The third-order valence-electron chi connectivity index (χ3n) is 8.52. The van der Waals surface area contributed by atoms with Crippen LogP contribution in [0, 0.1) is 11.3 Å². The number of azo groups is 1. The first-order valence-electron chi connectivity index (χ1n) is 16.2. The Morgan fingerprint density at radius 2 is 1.56 bits per heavy atom. The van der Waals surface area contributed by atoms with E-state index in [4.69, 9.17) is 17.4 Å². The number of benzene rings is 2. The highest BCUT2D eigenvalue weighted by molar-refractivity contribution is 7.80. The largest absolute Gasteiger partial charge is 0.497 e. The molecule has 0 aliphatic heterocycles. The number of hydrogen-bond acceptors (Lipinski definition) is 5. The van der Waals surface area contributed by atoms with Crippen LogP contribution in [-0.2, 0) is 18.3 Å². The minimum absolute atomic E-state index is 0.151. The average Bonchev–Trinajstić information content (AvgIpc) is 3.00. The van der Waals surface area contributed by atoms with E-state index in [0.29, 0.717) is 0 Å². The van der Waals surface area contributed by atoms with Gasteiger partial charge in [0.05, 0.1) is 24.6 Å². The van der Waals surface area contributed by atoms with Crippen molar-refractivity contribution in [2.75, 3.05) is 14.2 Å². The molecular weight excluding hydrogens is 522 g/mol. The summed E-state index contributed by atoms with van der Waals surface area (Å²) < 4.78 is 5.53. The number of rotatable bonds is 22. The van der Waals surface area contributed by atoms with Gasteiger partial charge in [0, 0.05) is 11.9 Å². The average molecular weight is 578 g/mol. The molecule has 2 atom stereocenters. The fourth-order valence-corrected chi connectivity index (χ4v) is 6.20. The van der Waals surface area contributed by atoms with Gasteiger partial charge in [0.25, 0.3) is 0 Å². The zero-order valence-electron chi connectivity index (χ0n) is 26.3. The molecule has 2 rings (SSSR count). The lowest BCUT2D eigenvalue weighted by Gasteiger charge is -2.28. The van der Waals surface area contributed by atoms with Gasteiger partial charge in [0.1, 0.15) is 5.75 Å². The van der Waals surface area contributed by atoms with Crippen molar-refractivity contribution in [1.82, 2.24) is 0 Å². The number of thiol groups is 1. The Labute approximate surface area is 256 Å². The summed E-state index contributed by atoms with van der Waals surface area (Å²) in [5, 5.41) is 19.3. The molecule has 41 heavy (non-hydrogen) atoms. The molecule has 0 spiro atoms. The second-order valence-electron chi connectivity index (χ2n) is 11.6. The van der Waals surface area contributed by atoms with Gasteiger partial charge in [-0.25, -0.2) is 0 Å². The van der Waals surface area contributed by atoms with Crippen LogP contribution in [0.5, 0.6) is 5.75 Å². The van der Waals surface area contributed by atoms with E-state index in [2.05, 4.69) is 60.5 Å². The smallest absolute Gasteiger partial charge is 0.119 e. The topological polar surface area (TPSA) is 57.7 Å². The van der Waals surface area contributed by atoms with Crippen LogP contribution in [0.1, 0.15) is 127 Å². The van der Waals surface area contributed by atoms with E-state index in [1.54, 1.807) is 14.2 Å². The Balaban J connectivity index is 1.97. The number of aryl methyl sites for hydroxylation is 2. The number of unbranched alkanes of at least 4 members (excludes halogenated alkanes) is 9. The Kier molecular flexibility index (Phi) is 17.5. The first-order valence-corrected chi connectivity index (χ1v) is 16.6. The van der Waals surface area contributed by atoms with E-state index in [9.17, 15) is 5.26 Å². The molecule has 0 aromatic heterocycles. The number of nitrogens with zero attached hydrogens (tertiary/aromatic N) is 3. The molecule has 0 saturated heterocycles. The Morgan fingerprint density at radius 3 is 2.17 bits per heavy atom. The highest BCUT2D eigenvalue weighted by Crippen LogP contribution is 2.37. The van der Waals surface area contributed by atoms with Crippen molar-refractivity contribution in [2.24, 2.45) is 10.2 Å². The van der Waals surface area contributed by atoms with Crippen molar-refractivity contribution < 1.29 is 4.74 Å². The van der Waals surface area contributed by atoms with Gasteiger partial charge in [0.2, 0.25) is 0 Å². The number of hydrogen-bond donors (Lipinski definition) is 1. The van der Waals surface area contributed by atoms with Gasteiger partial charge in [-0.3, -0.25) is 0 Å². The maximum Gasteiger partial charge on any atom is 0.119 e. The maximum absolute atomic E-state index is 10.6. The molecule has 0 amide bonds.